The molecule has 0 saturated carbocycles. The van der Waals surface area contributed by atoms with Crippen molar-refractivity contribution < 1.29 is 9.59 Å². The molecule has 0 spiro atoms. The number of rotatable bonds is 2. The second-order valence-electron chi connectivity index (χ2n) is 8.20. The first-order chi connectivity index (χ1) is 13.6. The normalized spacial score (nSPS) is 21.0. The first-order valence-corrected chi connectivity index (χ1v) is 10.5. The molecule has 6 heteroatoms. The molecule has 1 atom stereocenters. The van der Waals surface area contributed by atoms with Crippen LogP contribution in [0.15, 0.2) is 24.3 Å². The molecule has 146 valence electrons. The molecule has 4 heterocycles. The zero-order chi connectivity index (χ0) is 19.3. The Morgan fingerprint density at radius 1 is 1.00 bits per heavy atom. The highest BCUT2D eigenvalue weighted by Gasteiger charge is 2.36. The summed E-state index contributed by atoms with van der Waals surface area (Å²) in [5, 5.41) is 0. The Bertz CT molecular complexity index is 942. The van der Waals surface area contributed by atoms with Crippen LogP contribution in [0.1, 0.15) is 65.0 Å². The maximum atomic E-state index is 13.6. The van der Waals surface area contributed by atoms with Crippen LogP contribution >= 0.6 is 0 Å². The lowest BCUT2D eigenvalue weighted by Gasteiger charge is -2.23. The van der Waals surface area contributed by atoms with Crippen molar-refractivity contribution in [2.24, 2.45) is 0 Å². The van der Waals surface area contributed by atoms with Gasteiger partial charge >= 0.3 is 0 Å². The van der Waals surface area contributed by atoms with Gasteiger partial charge < -0.3 is 14.4 Å². The first kappa shape index (κ1) is 17.5. The number of likely N-dealkylation sites (tertiary alicyclic amines) is 1. The van der Waals surface area contributed by atoms with Crippen LogP contribution < -0.4 is 4.90 Å². The van der Waals surface area contributed by atoms with Gasteiger partial charge in [-0.25, -0.2) is 4.98 Å². The summed E-state index contributed by atoms with van der Waals surface area (Å²) in [4.78, 5) is 35.1. The van der Waals surface area contributed by atoms with E-state index < -0.39 is 0 Å². The van der Waals surface area contributed by atoms with Crippen molar-refractivity contribution in [3.63, 3.8) is 0 Å². The Hall–Kier alpha value is -2.63. The molecular weight excluding hydrogens is 352 g/mol. The molecule has 3 aliphatic heterocycles. The van der Waals surface area contributed by atoms with Crippen LogP contribution in [0.25, 0.3) is 0 Å². The molecule has 2 amide bonds. The van der Waals surface area contributed by atoms with Gasteiger partial charge in [0.2, 0.25) is 0 Å². The minimum absolute atomic E-state index is 0.0189. The minimum atomic E-state index is -0.0661. The van der Waals surface area contributed by atoms with Gasteiger partial charge in [-0.3, -0.25) is 9.59 Å². The number of fused-ring (bicyclic) bond motifs is 2. The maximum Gasteiger partial charge on any atom is 0.289 e. The average molecular weight is 378 g/mol. The topological polar surface area (TPSA) is 58.4 Å². The van der Waals surface area contributed by atoms with Crippen LogP contribution in [0, 0.1) is 0 Å². The largest absolute Gasteiger partial charge is 0.336 e. The van der Waals surface area contributed by atoms with Gasteiger partial charge in [-0.05, 0) is 57.1 Å². The summed E-state index contributed by atoms with van der Waals surface area (Å²) < 4.78 is 2.02. The molecule has 3 aliphatic rings. The summed E-state index contributed by atoms with van der Waals surface area (Å²) in [7, 11) is 0. The van der Waals surface area contributed by atoms with Crippen LogP contribution in [0.3, 0.4) is 0 Å². The molecule has 6 nitrogen and oxygen atoms in total. The van der Waals surface area contributed by atoms with Crippen LogP contribution in [-0.2, 0) is 19.4 Å². The zero-order valence-electron chi connectivity index (χ0n) is 16.4. The van der Waals surface area contributed by atoms with Gasteiger partial charge in [0.15, 0.2) is 11.5 Å². The summed E-state index contributed by atoms with van der Waals surface area (Å²) in [6.07, 6.45) is 5.83. The van der Waals surface area contributed by atoms with Crippen molar-refractivity contribution >= 4 is 17.5 Å². The average Bonchev–Trinajstić information content (AvgIpc) is 3.43. The summed E-state index contributed by atoms with van der Waals surface area (Å²) in [6, 6.07) is 8.19. The standard InChI is InChI=1S/C22H26N4O2/c1-15-14-16-8-2-3-9-17(16)26(15)21(27)19-18-10-4-5-13-25(18)20(23-19)22(28)24-11-6-7-12-24/h2-3,8-9,15H,4-7,10-14H2,1H3. The SMILES string of the molecule is CC1Cc2ccccc2N1C(=O)c1nc(C(=O)N2CCCC2)n2c1CCCC2. The summed E-state index contributed by atoms with van der Waals surface area (Å²) >= 11 is 0. The highest BCUT2D eigenvalue weighted by molar-refractivity contribution is 6.08. The number of amides is 2. The third kappa shape index (κ3) is 2.65. The van der Waals surface area contributed by atoms with Crippen LogP contribution in [0.5, 0.6) is 0 Å². The third-order valence-electron chi connectivity index (χ3n) is 6.33. The monoisotopic (exact) mass is 378 g/mol. The summed E-state index contributed by atoms with van der Waals surface area (Å²) in [5.74, 6) is 0.373. The van der Waals surface area contributed by atoms with Crippen molar-refractivity contribution in [1.29, 1.82) is 0 Å². The fourth-order valence-corrected chi connectivity index (χ4v) is 4.93. The Morgan fingerprint density at radius 2 is 1.75 bits per heavy atom. The van der Waals surface area contributed by atoms with E-state index in [0.29, 0.717) is 11.5 Å². The first-order valence-electron chi connectivity index (χ1n) is 10.5. The molecule has 1 saturated heterocycles. The highest BCUT2D eigenvalue weighted by atomic mass is 16.2. The lowest BCUT2D eigenvalue weighted by Crippen LogP contribution is -2.36. The molecule has 1 unspecified atom stereocenters. The number of carbonyl (C=O) groups is 2. The molecule has 0 bridgehead atoms. The molecule has 1 aromatic heterocycles. The van der Waals surface area contributed by atoms with E-state index in [1.54, 1.807) is 0 Å². The van der Waals surface area contributed by atoms with Crippen LogP contribution in [-0.4, -0.2) is 45.4 Å². The number of carbonyl (C=O) groups excluding carboxylic acids is 2. The van der Waals surface area contributed by atoms with Gasteiger partial charge in [0.1, 0.15) is 0 Å². The van der Waals surface area contributed by atoms with E-state index in [2.05, 4.69) is 18.0 Å². The fourth-order valence-electron chi connectivity index (χ4n) is 4.93. The predicted octanol–water partition coefficient (Wildman–Crippen LogP) is 3.05. The van der Waals surface area contributed by atoms with Gasteiger partial charge in [-0.2, -0.15) is 0 Å². The van der Waals surface area contributed by atoms with Crippen LogP contribution in [0.2, 0.25) is 0 Å². The van der Waals surface area contributed by atoms with Crippen molar-refractivity contribution in [3.05, 3.63) is 47.0 Å². The molecule has 0 N–H and O–H groups in total. The van der Waals surface area contributed by atoms with Gasteiger partial charge in [0.05, 0.1) is 5.69 Å². The molecule has 2 aromatic rings. The van der Waals surface area contributed by atoms with E-state index in [9.17, 15) is 9.59 Å². The lowest BCUT2D eigenvalue weighted by atomic mass is 10.1. The number of nitrogens with zero attached hydrogens (tertiary/aromatic N) is 4. The third-order valence-corrected chi connectivity index (χ3v) is 6.33. The van der Waals surface area contributed by atoms with Crippen molar-refractivity contribution in [2.45, 2.75) is 58.0 Å². The minimum Gasteiger partial charge on any atom is -0.336 e. The number of imidazole rings is 1. The molecule has 0 radical (unpaired) electrons. The lowest BCUT2D eigenvalue weighted by molar-refractivity contribution is 0.0774. The van der Waals surface area contributed by atoms with E-state index in [0.717, 1.165) is 69.5 Å². The van der Waals surface area contributed by atoms with E-state index >= 15 is 0 Å². The molecular formula is C22H26N4O2. The Labute approximate surface area is 165 Å². The summed E-state index contributed by atoms with van der Waals surface area (Å²) in [5.41, 5.74) is 3.59. The second-order valence-corrected chi connectivity index (χ2v) is 8.20. The molecule has 1 fully saturated rings. The highest BCUT2D eigenvalue weighted by Crippen LogP contribution is 2.34. The number of para-hydroxylation sites is 1. The number of benzene rings is 1. The smallest absolute Gasteiger partial charge is 0.289 e. The molecule has 28 heavy (non-hydrogen) atoms. The van der Waals surface area contributed by atoms with E-state index in [4.69, 9.17) is 0 Å². The fraction of sp³-hybridized carbons (Fsp3) is 0.500. The quantitative estimate of drug-likeness (QED) is 0.807. The van der Waals surface area contributed by atoms with Gasteiger partial charge in [0.25, 0.3) is 11.8 Å². The van der Waals surface area contributed by atoms with E-state index in [1.807, 2.05) is 32.6 Å². The maximum absolute atomic E-state index is 13.6. The molecule has 0 aliphatic carbocycles. The van der Waals surface area contributed by atoms with Gasteiger partial charge in [0, 0.05) is 31.4 Å². The molecule has 5 rings (SSSR count). The van der Waals surface area contributed by atoms with E-state index in [1.165, 1.54) is 5.56 Å². The van der Waals surface area contributed by atoms with Gasteiger partial charge in [-0.15, -0.1) is 0 Å². The van der Waals surface area contributed by atoms with Crippen molar-refractivity contribution in [3.8, 4) is 0 Å². The molecule has 1 aromatic carbocycles. The van der Waals surface area contributed by atoms with Crippen molar-refractivity contribution in [2.75, 3.05) is 18.0 Å². The Kier molecular flexibility index (Phi) is 4.22. The Balaban J connectivity index is 1.55. The van der Waals surface area contributed by atoms with E-state index in [-0.39, 0.29) is 17.9 Å². The second kappa shape index (κ2) is 6.76. The number of hydrogen-bond donors (Lipinski definition) is 0. The predicted molar refractivity (Wildman–Crippen MR) is 107 cm³/mol. The number of aromatic nitrogens is 2. The van der Waals surface area contributed by atoms with Gasteiger partial charge in [-0.1, -0.05) is 18.2 Å². The number of anilines is 1. The Morgan fingerprint density at radius 3 is 2.57 bits per heavy atom. The number of hydrogen-bond acceptors (Lipinski definition) is 3. The van der Waals surface area contributed by atoms with Crippen LogP contribution in [0.4, 0.5) is 5.69 Å². The zero-order valence-corrected chi connectivity index (χ0v) is 16.4. The summed E-state index contributed by atoms with van der Waals surface area (Å²) in [6.45, 7) is 4.44. The van der Waals surface area contributed by atoms with Crippen molar-refractivity contribution in [1.82, 2.24) is 14.5 Å².